The van der Waals surface area contributed by atoms with Gasteiger partial charge in [0.15, 0.2) is 24.1 Å². The lowest BCUT2D eigenvalue weighted by Crippen LogP contribution is -2.36. The Morgan fingerprint density at radius 1 is 0.810 bits per heavy atom. The van der Waals surface area contributed by atoms with Crippen molar-refractivity contribution in [3.63, 3.8) is 0 Å². The number of fused-ring (bicyclic) bond motifs is 1. The van der Waals surface area contributed by atoms with Gasteiger partial charge in [-0.15, -0.1) is 0 Å². The Labute approximate surface area is 376 Å². The molecule has 0 aromatic carbocycles. The predicted molar refractivity (Wildman–Crippen MR) is 229 cm³/mol. The van der Waals surface area contributed by atoms with Gasteiger partial charge in [-0.25, -0.2) is 9.67 Å². The molecule has 0 N–H and O–H groups in total. The van der Waals surface area contributed by atoms with Crippen LogP contribution in [0.1, 0.15) is 40.8 Å². The first-order valence-corrected chi connectivity index (χ1v) is 30.4. The first-order chi connectivity index (χ1) is 28.6. The fraction of sp³-hybridized carbons (Fsp3) is 0.771. The van der Waals surface area contributed by atoms with Crippen molar-refractivity contribution in [2.24, 2.45) is 11.8 Å². The smallest absolute Gasteiger partial charge is 0.457 e. The van der Waals surface area contributed by atoms with Crippen molar-refractivity contribution < 1.29 is 82.1 Å². The molecule has 2 aromatic rings. The Kier molecular flexibility index (Phi) is 21.2. The topological polar surface area (TPSA) is 237 Å². The number of hydrogen-bond donors (Lipinski definition) is 0. The summed E-state index contributed by atoms with van der Waals surface area (Å²) in [4.78, 5) is 42.1. The summed E-state index contributed by atoms with van der Waals surface area (Å²) in [7, 11) is -12.4. The molecule has 0 saturated carbocycles. The third kappa shape index (κ3) is 19.3. The largest absolute Gasteiger partial charge is 0.522 e. The van der Waals surface area contributed by atoms with Crippen LogP contribution in [0.2, 0.25) is 30.1 Å². The van der Waals surface area contributed by atoms with Crippen LogP contribution in [0.3, 0.4) is 0 Å². The minimum Gasteiger partial charge on any atom is -0.457 e. The maximum absolute atomic E-state index is 11.8. The van der Waals surface area contributed by atoms with E-state index in [4.69, 9.17) is 56.4 Å². The molecule has 63 heavy (non-hydrogen) atoms. The van der Waals surface area contributed by atoms with Crippen LogP contribution in [0, 0.1) is 11.8 Å². The van der Waals surface area contributed by atoms with Crippen LogP contribution in [0.4, 0.5) is 13.2 Å². The minimum atomic E-state index is -5.39. The summed E-state index contributed by atoms with van der Waals surface area (Å²) in [5, 5.41) is 4.97. The lowest BCUT2D eigenvalue weighted by Gasteiger charge is -2.21. The Morgan fingerprint density at radius 2 is 1.27 bits per heavy atom. The molecule has 4 heterocycles. The number of carbonyl (C=O) groups is 3. The van der Waals surface area contributed by atoms with Crippen LogP contribution in [0.5, 0.6) is 0 Å². The van der Waals surface area contributed by atoms with Gasteiger partial charge in [0.2, 0.25) is 19.9 Å². The normalized spacial score (nSPS) is 24.2. The molecule has 2 aromatic heterocycles. The number of halogens is 5. The molecule has 2 saturated heterocycles. The van der Waals surface area contributed by atoms with Crippen molar-refractivity contribution in [3.05, 3.63) is 16.6 Å². The zero-order chi connectivity index (χ0) is 48.5. The second-order valence-corrected chi connectivity index (χ2v) is 30.7. The van der Waals surface area contributed by atoms with Crippen LogP contribution < -0.4 is 0 Å². The molecular formula is C35H57Cl2F3N4O15P2SSi. The highest BCUT2D eigenvalue weighted by atomic mass is 35.5. The van der Waals surface area contributed by atoms with E-state index in [9.17, 15) is 45.1 Å². The van der Waals surface area contributed by atoms with Gasteiger partial charge in [-0.1, -0.05) is 25.4 Å². The van der Waals surface area contributed by atoms with Crippen LogP contribution in [-0.4, -0.2) is 156 Å². The van der Waals surface area contributed by atoms with E-state index in [2.05, 4.69) is 18.9 Å². The number of carbonyl (C=O) groups excluding carboxylic acids is 3. The van der Waals surface area contributed by atoms with Gasteiger partial charge in [0.1, 0.15) is 5.15 Å². The number of nitrogens with zero attached hydrogens (tertiary/aromatic N) is 4. The maximum atomic E-state index is 11.8. The number of aromatic nitrogens is 4. The number of rotatable bonds is 16. The summed E-state index contributed by atoms with van der Waals surface area (Å²) < 4.78 is 123. The van der Waals surface area contributed by atoms with Crippen LogP contribution in [-0.2, 0) is 70.7 Å². The molecule has 0 amide bonds. The van der Waals surface area contributed by atoms with E-state index in [1.54, 1.807) is 26.7 Å². The Balaban J connectivity index is 0.000000355. The Bertz CT molecular complexity index is 2090. The molecule has 4 rings (SSSR count). The number of alkyl halides is 3. The summed E-state index contributed by atoms with van der Waals surface area (Å²) in [6.07, 6.45) is -1.14. The molecule has 2 aliphatic heterocycles. The van der Waals surface area contributed by atoms with Gasteiger partial charge in [0.05, 0.1) is 64.5 Å². The van der Waals surface area contributed by atoms with Crippen LogP contribution >= 0.6 is 37.5 Å². The number of esters is 3. The third-order valence-electron chi connectivity index (χ3n) is 8.64. The third-order valence-corrected chi connectivity index (χ3v) is 15.1. The molecule has 0 bridgehead atoms. The molecular weight excluding hydrogens is 966 g/mol. The van der Waals surface area contributed by atoms with Crippen molar-refractivity contribution in [2.45, 2.75) is 96.7 Å². The molecule has 0 spiro atoms. The molecule has 4 unspecified atom stereocenters. The molecule has 2 fully saturated rings. The molecule has 2 aliphatic rings. The fourth-order valence-electron chi connectivity index (χ4n) is 5.63. The van der Waals surface area contributed by atoms with Gasteiger partial charge >= 0.3 is 33.5 Å². The first-order valence-electron chi connectivity index (χ1n) is 19.3. The van der Waals surface area contributed by atoms with E-state index in [0.717, 1.165) is 0 Å². The number of ether oxygens (including phenoxy) is 7. The summed E-state index contributed by atoms with van der Waals surface area (Å²) in [5.41, 5.74) is -4.93. The molecule has 8 atom stereocenters. The summed E-state index contributed by atoms with van der Waals surface area (Å²) in [6, 6.07) is 0. The SMILES string of the molecule is CC(=O)OC1C(n2ncc3c(Cl)nc(Cl)nc32)O[C@H](COCCP(C)(C)=O)[C@H]1C.CC(=O)OC1O[C@H](COCCP(C)(C)=O)[C@@H](C)C1OC(C)=O.C[Si](C)(C)OS(=O)(=O)C(F)(F)F. The number of hydrogen-bond acceptors (Lipinski definition) is 18. The second kappa shape index (κ2) is 23.5. The molecule has 0 aliphatic carbocycles. The zero-order valence-electron chi connectivity index (χ0n) is 37.0. The first kappa shape index (κ1) is 56.9. The van der Waals surface area contributed by atoms with Crippen molar-refractivity contribution in [2.75, 3.05) is 65.4 Å². The molecule has 362 valence electrons. The van der Waals surface area contributed by atoms with Crippen LogP contribution in [0.15, 0.2) is 6.20 Å². The lowest BCUT2D eigenvalue weighted by atomic mass is 10.0. The van der Waals surface area contributed by atoms with Gasteiger partial charge in [-0.05, 0) is 57.9 Å². The van der Waals surface area contributed by atoms with Gasteiger partial charge in [-0.3, -0.25) is 14.4 Å². The predicted octanol–water partition coefficient (Wildman–Crippen LogP) is 6.41. The Morgan fingerprint density at radius 3 is 1.70 bits per heavy atom. The van der Waals surface area contributed by atoms with Gasteiger partial charge in [-0.2, -0.15) is 31.7 Å². The van der Waals surface area contributed by atoms with Gasteiger partial charge in [0.25, 0.3) is 0 Å². The van der Waals surface area contributed by atoms with Crippen LogP contribution in [0.25, 0.3) is 11.0 Å². The van der Waals surface area contributed by atoms with Crippen molar-refractivity contribution >= 4 is 84.9 Å². The van der Waals surface area contributed by atoms with Crippen molar-refractivity contribution in [1.82, 2.24) is 19.7 Å². The van der Waals surface area contributed by atoms with E-state index in [1.165, 1.54) is 51.3 Å². The quantitative estimate of drug-likeness (QED) is 0.0258. The van der Waals surface area contributed by atoms with Gasteiger partial charge in [0, 0.05) is 44.9 Å². The minimum absolute atomic E-state index is 0.0252. The molecule has 0 radical (unpaired) electrons. The van der Waals surface area contributed by atoms with E-state index in [0.29, 0.717) is 36.6 Å². The van der Waals surface area contributed by atoms with Gasteiger partial charge < -0.3 is 46.2 Å². The zero-order valence-corrected chi connectivity index (χ0v) is 42.2. The van der Waals surface area contributed by atoms with E-state index < -0.39 is 80.9 Å². The summed E-state index contributed by atoms with van der Waals surface area (Å²) >= 11 is 12.1. The Hall–Kier alpha value is -2.24. The molecule has 19 nitrogen and oxygen atoms in total. The highest BCUT2D eigenvalue weighted by Gasteiger charge is 2.50. The average Bonchev–Trinajstić information content (AvgIpc) is 3.72. The maximum Gasteiger partial charge on any atom is 0.522 e. The van der Waals surface area contributed by atoms with Crippen molar-refractivity contribution in [3.8, 4) is 0 Å². The van der Waals surface area contributed by atoms with E-state index in [1.807, 2.05) is 13.8 Å². The monoisotopic (exact) mass is 1020 g/mol. The van der Waals surface area contributed by atoms with E-state index in [-0.39, 0.29) is 47.7 Å². The fourth-order valence-corrected chi connectivity index (χ4v) is 10.2. The summed E-state index contributed by atoms with van der Waals surface area (Å²) in [6.45, 7) is 19.8. The highest BCUT2D eigenvalue weighted by molar-refractivity contribution is 7.88. The highest BCUT2D eigenvalue weighted by Crippen LogP contribution is 2.39. The standard InChI is InChI=1S/C17H23Cl2N4O5P.C14H25O7P.C4H9F3O3SSi/c1-9-12(8-26-5-6-29(3,4)25)28-16(13(9)27-10(2)24)23-15-11(7-20-23)14(18)21-17(19)22-15;1-9-12(8-18-6-7-22(4,5)17)21-14(20-11(3)16)13(9)19-10(2)15;1-12(2,3)10-11(8,9)4(5,6)7/h7,9,12-13,16H,5-6,8H2,1-4H3;9,12-14H,6-8H2,1-5H3;1-3H3/t9-,12-,13?,16?;9-,12-,13?,14?;/m11./s1. The molecule has 28 heteroatoms. The lowest BCUT2D eigenvalue weighted by molar-refractivity contribution is -0.196. The second-order valence-electron chi connectivity index (χ2n) is 16.5. The average molecular weight is 1020 g/mol. The summed E-state index contributed by atoms with van der Waals surface area (Å²) in [5.74, 6) is -1.75. The van der Waals surface area contributed by atoms with E-state index >= 15 is 0 Å². The van der Waals surface area contributed by atoms with Crippen molar-refractivity contribution in [1.29, 1.82) is 0 Å².